The molecule has 1 heterocycles. The zero-order valence-corrected chi connectivity index (χ0v) is 14.5. The molecular weight excluding hydrogens is 357 g/mol. The number of sulfonamides is 1. The summed E-state index contributed by atoms with van der Waals surface area (Å²) in [6.07, 6.45) is -1.63. The number of halogens is 3. The average molecular weight is 376 g/mol. The summed E-state index contributed by atoms with van der Waals surface area (Å²) >= 11 is 0. The first-order chi connectivity index (χ1) is 11.8. The third kappa shape index (κ3) is 4.97. The Bertz CT molecular complexity index is 787. The molecule has 0 saturated carbocycles. The minimum atomic E-state index is -4.71. The van der Waals surface area contributed by atoms with Crippen molar-refractivity contribution in [2.45, 2.75) is 50.1 Å². The van der Waals surface area contributed by atoms with Crippen molar-refractivity contribution in [2.24, 2.45) is 0 Å². The highest BCUT2D eigenvalue weighted by Crippen LogP contribution is 2.36. The highest BCUT2D eigenvalue weighted by atomic mass is 32.2. The van der Waals surface area contributed by atoms with Crippen molar-refractivity contribution in [1.82, 2.24) is 5.16 Å². The second-order valence-electron chi connectivity index (χ2n) is 5.57. The molecule has 0 aliphatic rings. The standard InChI is InChI=1S/C16H19F3N2O3S/c1-2-3-4-8-11-13-14(16(17,18)19)20-24-15(13)21-25(22,23)12-9-6-5-7-10-12/h5-7,9-10,21H,2-4,8,11H2,1H3. The largest absolute Gasteiger partial charge is 0.437 e. The fourth-order valence-corrected chi connectivity index (χ4v) is 3.39. The summed E-state index contributed by atoms with van der Waals surface area (Å²) in [4.78, 5) is -0.0723. The van der Waals surface area contributed by atoms with E-state index in [4.69, 9.17) is 0 Å². The lowest BCUT2D eigenvalue weighted by molar-refractivity contribution is -0.143. The molecule has 0 amide bonds. The van der Waals surface area contributed by atoms with Gasteiger partial charge in [0.15, 0.2) is 5.69 Å². The summed E-state index contributed by atoms with van der Waals surface area (Å²) in [7, 11) is -4.05. The molecule has 25 heavy (non-hydrogen) atoms. The highest BCUT2D eigenvalue weighted by molar-refractivity contribution is 7.92. The monoisotopic (exact) mass is 376 g/mol. The van der Waals surface area contributed by atoms with E-state index in [-0.39, 0.29) is 16.9 Å². The molecule has 0 aliphatic heterocycles. The predicted octanol–water partition coefficient (Wildman–Crippen LogP) is 4.62. The fraction of sp³-hybridized carbons (Fsp3) is 0.438. The first-order valence-corrected chi connectivity index (χ1v) is 9.37. The molecule has 0 radical (unpaired) electrons. The van der Waals surface area contributed by atoms with Crippen molar-refractivity contribution in [2.75, 3.05) is 4.72 Å². The van der Waals surface area contributed by atoms with Crippen LogP contribution in [0.1, 0.15) is 43.9 Å². The molecule has 9 heteroatoms. The zero-order valence-electron chi connectivity index (χ0n) is 13.6. The molecule has 2 rings (SSSR count). The van der Waals surface area contributed by atoms with Gasteiger partial charge in [0.2, 0.25) is 5.88 Å². The molecule has 5 nitrogen and oxygen atoms in total. The maximum Gasteiger partial charge on any atom is 0.437 e. The van der Waals surface area contributed by atoms with Crippen LogP contribution in [0.2, 0.25) is 0 Å². The third-order valence-corrected chi connectivity index (χ3v) is 4.96. The second kappa shape index (κ2) is 7.90. The van der Waals surface area contributed by atoms with Gasteiger partial charge >= 0.3 is 6.18 Å². The van der Waals surface area contributed by atoms with E-state index in [1.54, 1.807) is 6.07 Å². The summed E-state index contributed by atoms with van der Waals surface area (Å²) in [6, 6.07) is 7.34. The van der Waals surface area contributed by atoms with E-state index in [1.807, 2.05) is 6.92 Å². The minimum absolute atomic E-state index is 0.0327. The van der Waals surface area contributed by atoms with Gasteiger partial charge in [0.05, 0.1) is 10.5 Å². The SMILES string of the molecule is CCCCCCc1c(C(F)(F)F)noc1NS(=O)(=O)c1ccccc1. The molecule has 0 saturated heterocycles. The topological polar surface area (TPSA) is 72.2 Å². The Morgan fingerprint density at radius 3 is 2.40 bits per heavy atom. The summed E-state index contributed by atoms with van der Waals surface area (Å²) < 4.78 is 70.7. The molecule has 2 aromatic rings. The molecule has 0 bridgehead atoms. The number of benzene rings is 1. The van der Waals surface area contributed by atoms with Crippen LogP contribution in [0.4, 0.5) is 19.1 Å². The molecule has 1 N–H and O–H groups in total. The van der Waals surface area contributed by atoms with Gasteiger partial charge in [-0.1, -0.05) is 49.5 Å². The van der Waals surface area contributed by atoms with Crippen molar-refractivity contribution in [3.05, 3.63) is 41.6 Å². The lowest BCUT2D eigenvalue weighted by Crippen LogP contribution is -2.15. The molecule has 138 valence electrons. The summed E-state index contributed by atoms with van der Waals surface area (Å²) in [5.74, 6) is -0.479. The Morgan fingerprint density at radius 1 is 1.12 bits per heavy atom. The van der Waals surface area contributed by atoms with Gasteiger partial charge in [-0.2, -0.15) is 13.2 Å². The number of rotatable bonds is 8. The highest BCUT2D eigenvalue weighted by Gasteiger charge is 2.39. The number of anilines is 1. The first-order valence-electron chi connectivity index (χ1n) is 7.89. The Hall–Kier alpha value is -2.03. The van der Waals surface area contributed by atoms with E-state index in [0.717, 1.165) is 19.3 Å². The summed E-state index contributed by atoms with van der Waals surface area (Å²) in [6.45, 7) is 1.99. The maximum atomic E-state index is 13.1. The number of nitrogens with zero attached hydrogens (tertiary/aromatic N) is 1. The Morgan fingerprint density at radius 2 is 1.80 bits per heavy atom. The van der Waals surface area contributed by atoms with E-state index < -0.39 is 27.8 Å². The van der Waals surface area contributed by atoms with Gasteiger partial charge in [0, 0.05) is 0 Å². The number of hydrogen-bond donors (Lipinski definition) is 1. The van der Waals surface area contributed by atoms with Gasteiger partial charge in [-0.05, 0) is 25.0 Å². The van der Waals surface area contributed by atoms with Gasteiger partial charge < -0.3 is 4.52 Å². The normalized spacial score (nSPS) is 12.3. The molecule has 1 aromatic heterocycles. The van der Waals surface area contributed by atoms with Crippen molar-refractivity contribution in [3.63, 3.8) is 0 Å². The zero-order chi connectivity index (χ0) is 18.5. The van der Waals surface area contributed by atoms with Crippen LogP contribution in [0.5, 0.6) is 0 Å². The third-order valence-electron chi connectivity index (χ3n) is 3.62. The number of unbranched alkanes of at least 4 members (excludes halogenated alkanes) is 3. The van der Waals surface area contributed by atoms with Gasteiger partial charge in [-0.3, -0.25) is 0 Å². The molecular formula is C16H19F3N2O3S. The van der Waals surface area contributed by atoms with Crippen molar-refractivity contribution >= 4 is 15.9 Å². The van der Waals surface area contributed by atoms with Crippen molar-refractivity contribution in [1.29, 1.82) is 0 Å². The Balaban J connectivity index is 2.29. The number of hydrogen-bond acceptors (Lipinski definition) is 4. The quantitative estimate of drug-likeness (QED) is 0.683. The van der Waals surface area contributed by atoms with Gasteiger partial charge in [-0.25, -0.2) is 13.1 Å². The summed E-state index contributed by atoms with van der Waals surface area (Å²) in [5, 5.41) is 3.04. The van der Waals surface area contributed by atoms with Gasteiger partial charge in [0.1, 0.15) is 0 Å². The van der Waals surface area contributed by atoms with E-state index >= 15 is 0 Å². The van der Waals surface area contributed by atoms with Crippen LogP contribution in [0.15, 0.2) is 39.8 Å². The van der Waals surface area contributed by atoms with Crippen molar-refractivity contribution < 1.29 is 26.1 Å². The fourth-order valence-electron chi connectivity index (χ4n) is 2.35. The second-order valence-corrected chi connectivity index (χ2v) is 7.25. The average Bonchev–Trinajstić information content (AvgIpc) is 2.95. The van der Waals surface area contributed by atoms with Crippen molar-refractivity contribution in [3.8, 4) is 0 Å². The van der Waals surface area contributed by atoms with Crippen LogP contribution in [-0.4, -0.2) is 13.6 Å². The maximum absolute atomic E-state index is 13.1. The number of alkyl halides is 3. The van der Waals surface area contributed by atoms with Crippen LogP contribution in [0.25, 0.3) is 0 Å². The van der Waals surface area contributed by atoms with Crippen LogP contribution in [0.3, 0.4) is 0 Å². The molecule has 0 unspecified atom stereocenters. The van der Waals surface area contributed by atoms with Crippen LogP contribution in [0, 0.1) is 0 Å². The smallest absolute Gasteiger partial charge is 0.337 e. The van der Waals surface area contributed by atoms with E-state index in [1.165, 1.54) is 24.3 Å². The molecule has 0 fully saturated rings. The number of aromatic nitrogens is 1. The Labute approximate surface area is 144 Å². The van der Waals surface area contributed by atoms with Crippen LogP contribution in [-0.2, 0) is 22.6 Å². The molecule has 0 aliphatic carbocycles. The van der Waals surface area contributed by atoms with Crippen LogP contribution >= 0.6 is 0 Å². The predicted molar refractivity (Wildman–Crippen MR) is 86.6 cm³/mol. The van der Waals surface area contributed by atoms with Gasteiger partial charge in [0.25, 0.3) is 10.0 Å². The number of nitrogens with one attached hydrogen (secondary N) is 1. The first kappa shape index (κ1) is 19.3. The lowest BCUT2D eigenvalue weighted by Gasteiger charge is -2.09. The molecule has 0 atom stereocenters. The lowest BCUT2D eigenvalue weighted by atomic mass is 10.1. The van der Waals surface area contributed by atoms with E-state index in [0.29, 0.717) is 6.42 Å². The van der Waals surface area contributed by atoms with Gasteiger partial charge in [-0.15, -0.1) is 0 Å². The summed E-state index contributed by atoms with van der Waals surface area (Å²) in [5.41, 5.74) is -1.45. The Kier molecular flexibility index (Phi) is 6.10. The molecule has 1 aromatic carbocycles. The van der Waals surface area contributed by atoms with Crippen LogP contribution < -0.4 is 4.72 Å². The van der Waals surface area contributed by atoms with E-state index in [2.05, 4.69) is 14.4 Å². The minimum Gasteiger partial charge on any atom is -0.337 e. The molecule has 0 spiro atoms. The van der Waals surface area contributed by atoms with E-state index in [9.17, 15) is 21.6 Å².